The van der Waals surface area contributed by atoms with Crippen molar-refractivity contribution in [2.45, 2.75) is 33.2 Å². The number of rotatable bonds is 7. The Bertz CT molecular complexity index is 343. The van der Waals surface area contributed by atoms with Crippen LogP contribution < -0.4 is 10.6 Å². The molecular weight excluding hydrogens is 232 g/mol. The SMILES string of the molecule is CCNc1cc(NC(CC)CSC)nc(C)n1. The van der Waals surface area contributed by atoms with Crippen molar-refractivity contribution in [2.75, 3.05) is 29.2 Å². The zero-order chi connectivity index (χ0) is 12.7. The van der Waals surface area contributed by atoms with Gasteiger partial charge >= 0.3 is 0 Å². The highest BCUT2D eigenvalue weighted by Gasteiger charge is 2.07. The number of nitrogens with zero attached hydrogens (tertiary/aromatic N) is 2. The monoisotopic (exact) mass is 254 g/mol. The number of aryl methyl sites for hydroxylation is 1. The standard InChI is InChI=1S/C12H22N4S/c1-5-10(8-17-4)16-12-7-11(13-6-2)14-9(3)15-12/h7,10H,5-6,8H2,1-4H3,(H2,13,14,15,16). The van der Waals surface area contributed by atoms with Crippen molar-refractivity contribution in [2.24, 2.45) is 0 Å². The second-order valence-electron chi connectivity index (χ2n) is 3.92. The van der Waals surface area contributed by atoms with Crippen LogP contribution in [0, 0.1) is 6.92 Å². The molecular formula is C12H22N4S. The van der Waals surface area contributed by atoms with Gasteiger partial charge in [-0.05, 0) is 26.5 Å². The third-order valence-corrected chi connectivity index (χ3v) is 3.14. The first kappa shape index (κ1) is 14.1. The third kappa shape index (κ3) is 4.81. The Morgan fingerprint density at radius 2 is 2.00 bits per heavy atom. The van der Waals surface area contributed by atoms with Crippen molar-refractivity contribution < 1.29 is 0 Å². The molecule has 1 aromatic heterocycles. The lowest BCUT2D eigenvalue weighted by molar-refractivity contribution is 0.767. The summed E-state index contributed by atoms with van der Waals surface area (Å²) in [5, 5.41) is 6.67. The van der Waals surface area contributed by atoms with E-state index in [1.165, 1.54) is 0 Å². The number of thioether (sulfide) groups is 1. The van der Waals surface area contributed by atoms with E-state index in [1.54, 1.807) is 0 Å². The van der Waals surface area contributed by atoms with Gasteiger partial charge in [-0.3, -0.25) is 0 Å². The van der Waals surface area contributed by atoms with E-state index in [0.29, 0.717) is 6.04 Å². The molecule has 0 radical (unpaired) electrons. The van der Waals surface area contributed by atoms with E-state index >= 15 is 0 Å². The van der Waals surface area contributed by atoms with Crippen molar-refractivity contribution in [3.05, 3.63) is 11.9 Å². The van der Waals surface area contributed by atoms with Gasteiger partial charge in [0.25, 0.3) is 0 Å². The maximum absolute atomic E-state index is 4.41. The average Bonchev–Trinajstić information content (AvgIpc) is 2.28. The number of hydrogen-bond acceptors (Lipinski definition) is 5. The van der Waals surface area contributed by atoms with Crippen molar-refractivity contribution in [1.82, 2.24) is 9.97 Å². The largest absolute Gasteiger partial charge is 0.370 e. The minimum atomic E-state index is 0.466. The first-order chi connectivity index (χ1) is 8.19. The zero-order valence-corrected chi connectivity index (χ0v) is 11.9. The van der Waals surface area contributed by atoms with Crippen LogP contribution in [-0.4, -0.2) is 34.6 Å². The molecule has 0 aliphatic carbocycles. The smallest absolute Gasteiger partial charge is 0.132 e. The first-order valence-corrected chi connectivity index (χ1v) is 7.44. The minimum Gasteiger partial charge on any atom is -0.370 e. The molecule has 4 nitrogen and oxygen atoms in total. The van der Waals surface area contributed by atoms with Gasteiger partial charge in [-0.15, -0.1) is 0 Å². The molecule has 0 saturated heterocycles. The van der Waals surface area contributed by atoms with E-state index in [2.05, 4.69) is 40.7 Å². The molecule has 0 spiro atoms. The molecule has 0 saturated carbocycles. The van der Waals surface area contributed by atoms with Gasteiger partial charge in [-0.1, -0.05) is 6.92 Å². The molecule has 0 aromatic carbocycles. The Balaban J connectivity index is 2.75. The van der Waals surface area contributed by atoms with Crippen LogP contribution in [0.1, 0.15) is 26.1 Å². The molecule has 1 atom stereocenters. The van der Waals surface area contributed by atoms with Crippen LogP contribution in [0.15, 0.2) is 6.07 Å². The third-order valence-electron chi connectivity index (χ3n) is 2.41. The van der Waals surface area contributed by atoms with E-state index in [0.717, 1.165) is 36.2 Å². The molecule has 1 unspecified atom stereocenters. The molecule has 0 aliphatic rings. The summed E-state index contributed by atoms with van der Waals surface area (Å²) in [7, 11) is 0. The highest BCUT2D eigenvalue weighted by molar-refractivity contribution is 7.98. The topological polar surface area (TPSA) is 49.8 Å². The predicted molar refractivity (Wildman–Crippen MR) is 77.0 cm³/mol. The summed E-state index contributed by atoms with van der Waals surface area (Å²) < 4.78 is 0. The van der Waals surface area contributed by atoms with Crippen LogP contribution in [0.25, 0.3) is 0 Å². The average molecular weight is 254 g/mol. The van der Waals surface area contributed by atoms with Gasteiger partial charge in [0.2, 0.25) is 0 Å². The maximum atomic E-state index is 4.41. The van der Waals surface area contributed by atoms with Crippen LogP contribution in [0.2, 0.25) is 0 Å². The lowest BCUT2D eigenvalue weighted by Crippen LogP contribution is -2.22. The number of hydrogen-bond donors (Lipinski definition) is 2. The van der Waals surface area contributed by atoms with Crippen LogP contribution in [-0.2, 0) is 0 Å². The van der Waals surface area contributed by atoms with E-state index in [1.807, 2.05) is 24.8 Å². The molecule has 96 valence electrons. The second kappa shape index (κ2) is 7.37. The molecule has 17 heavy (non-hydrogen) atoms. The number of aromatic nitrogens is 2. The summed E-state index contributed by atoms with van der Waals surface area (Å²) in [4.78, 5) is 8.75. The normalized spacial score (nSPS) is 12.2. The molecule has 2 N–H and O–H groups in total. The quantitative estimate of drug-likeness (QED) is 0.783. The van der Waals surface area contributed by atoms with Gasteiger partial charge in [-0.25, -0.2) is 9.97 Å². The number of nitrogens with one attached hydrogen (secondary N) is 2. The molecule has 0 bridgehead atoms. The Kier molecular flexibility index (Phi) is 6.11. The Morgan fingerprint density at radius 1 is 1.29 bits per heavy atom. The number of anilines is 2. The van der Waals surface area contributed by atoms with Gasteiger partial charge in [0.1, 0.15) is 17.5 Å². The highest BCUT2D eigenvalue weighted by Crippen LogP contribution is 2.14. The molecule has 5 heteroatoms. The van der Waals surface area contributed by atoms with Gasteiger partial charge in [0.05, 0.1) is 0 Å². The Hall–Kier alpha value is -0.970. The van der Waals surface area contributed by atoms with Crippen LogP contribution >= 0.6 is 11.8 Å². The molecule has 0 amide bonds. The lowest BCUT2D eigenvalue weighted by atomic mass is 10.2. The molecule has 1 rings (SSSR count). The first-order valence-electron chi connectivity index (χ1n) is 6.04. The van der Waals surface area contributed by atoms with Crippen molar-refractivity contribution in [3.63, 3.8) is 0 Å². The fourth-order valence-corrected chi connectivity index (χ4v) is 2.31. The van der Waals surface area contributed by atoms with Gasteiger partial charge in [0, 0.05) is 24.4 Å². The summed E-state index contributed by atoms with van der Waals surface area (Å²) in [6.45, 7) is 7.04. The van der Waals surface area contributed by atoms with Gasteiger partial charge in [-0.2, -0.15) is 11.8 Å². The molecule has 0 aliphatic heterocycles. The Labute approximate surface area is 108 Å². The Morgan fingerprint density at radius 3 is 2.59 bits per heavy atom. The van der Waals surface area contributed by atoms with E-state index in [9.17, 15) is 0 Å². The highest BCUT2D eigenvalue weighted by atomic mass is 32.2. The van der Waals surface area contributed by atoms with E-state index in [4.69, 9.17) is 0 Å². The van der Waals surface area contributed by atoms with E-state index < -0.39 is 0 Å². The van der Waals surface area contributed by atoms with Crippen molar-refractivity contribution >= 4 is 23.4 Å². The second-order valence-corrected chi connectivity index (χ2v) is 4.83. The lowest BCUT2D eigenvalue weighted by Gasteiger charge is -2.17. The molecule has 0 fully saturated rings. The summed E-state index contributed by atoms with van der Waals surface area (Å²) in [6, 6.07) is 2.44. The summed E-state index contributed by atoms with van der Waals surface area (Å²) in [6.07, 6.45) is 3.22. The summed E-state index contributed by atoms with van der Waals surface area (Å²) in [5.41, 5.74) is 0. The minimum absolute atomic E-state index is 0.466. The zero-order valence-electron chi connectivity index (χ0n) is 11.1. The van der Waals surface area contributed by atoms with Gasteiger partial charge < -0.3 is 10.6 Å². The van der Waals surface area contributed by atoms with Crippen LogP contribution in [0.4, 0.5) is 11.6 Å². The van der Waals surface area contributed by atoms with Crippen LogP contribution in [0.3, 0.4) is 0 Å². The maximum Gasteiger partial charge on any atom is 0.132 e. The fraction of sp³-hybridized carbons (Fsp3) is 0.667. The van der Waals surface area contributed by atoms with Crippen molar-refractivity contribution in [3.8, 4) is 0 Å². The predicted octanol–water partition coefficient (Wildman–Crippen LogP) is 2.77. The van der Waals surface area contributed by atoms with E-state index in [-0.39, 0.29) is 0 Å². The van der Waals surface area contributed by atoms with Crippen LogP contribution in [0.5, 0.6) is 0 Å². The summed E-state index contributed by atoms with van der Waals surface area (Å²) in [5.74, 6) is 3.69. The molecule has 1 heterocycles. The molecule has 1 aromatic rings. The fourth-order valence-electron chi connectivity index (χ4n) is 1.59. The van der Waals surface area contributed by atoms with Gasteiger partial charge in [0.15, 0.2) is 0 Å². The summed E-state index contributed by atoms with van der Waals surface area (Å²) >= 11 is 1.85. The van der Waals surface area contributed by atoms with Crippen molar-refractivity contribution in [1.29, 1.82) is 0 Å².